The molecule has 16 heavy (non-hydrogen) atoms. The number of Topliss-reactive ketones (excluding diaryl/α,β-unsaturated/α-hetero) is 1. The van der Waals surface area contributed by atoms with E-state index in [4.69, 9.17) is 4.74 Å². The van der Waals surface area contributed by atoms with Gasteiger partial charge in [0, 0.05) is 5.56 Å². The van der Waals surface area contributed by atoms with Crippen LogP contribution in [0.15, 0.2) is 24.3 Å². The highest BCUT2D eigenvalue weighted by atomic mass is 16.5. The lowest BCUT2D eigenvalue weighted by atomic mass is 9.95. The summed E-state index contributed by atoms with van der Waals surface area (Å²) in [5.41, 5.74) is 1.32. The van der Waals surface area contributed by atoms with Gasteiger partial charge in [-0.3, -0.25) is 4.79 Å². The van der Waals surface area contributed by atoms with Crippen LogP contribution in [0.1, 0.15) is 42.6 Å². The highest BCUT2D eigenvalue weighted by Crippen LogP contribution is 2.19. The van der Waals surface area contributed by atoms with Gasteiger partial charge in [0.25, 0.3) is 5.78 Å². The van der Waals surface area contributed by atoms with E-state index in [1.54, 1.807) is 19.1 Å². The van der Waals surface area contributed by atoms with Gasteiger partial charge in [-0.05, 0) is 18.4 Å². The minimum atomic E-state index is -0.782. The van der Waals surface area contributed by atoms with Crippen LogP contribution in [0.2, 0.25) is 0 Å². The molecule has 0 aliphatic carbocycles. The Hall–Kier alpha value is -1.64. The van der Waals surface area contributed by atoms with Crippen LogP contribution >= 0.6 is 0 Å². The average Bonchev–Trinajstić information content (AvgIpc) is 2.28. The van der Waals surface area contributed by atoms with Crippen LogP contribution in [0.25, 0.3) is 0 Å². The molecule has 0 saturated carbocycles. The van der Waals surface area contributed by atoms with Gasteiger partial charge in [-0.15, -0.1) is 0 Å². The Morgan fingerprint density at radius 1 is 1.25 bits per heavy atom. The van der Waals surface area contributed by atoms with Crippen molar-refractivity contribution in [3.8, 4) is 0 Å². The van der Waals surface area contributed by atoms with E-state index in [9.17, 15) is 9.59 Å². The normalized spacial score (nSPS) is 10.2. The Labute approximate surface area is 95.4 Å². The summed E-state index contributed by atoms with van der Waals surface area (Å²) in [6.45, 7) is 5.86. The van der Waals surface area contributed by atoms with Crippen LogP contribution in [0.4, 0.5) is 0 Å². The fourth-order valence-electron chi connectivity index (χ4n) is 1.51. The molecule has 1 rings (SSSR count). The van der Waals surface area contributed by atoms with Gasteiger partial charge < -0.3 is 4.74 Å². The minimum Gasteiger partial charge on any atom is -0.460 e. The zero-order chi connectivity index (χ0) is 12.1. The molecule has 0 radical (unpaired) electrons. The molecule has 0 bridgehead atoms. The van der Waals surface area contributed by atoms with Gasteiger partial charge in [0.1, 0.15) is 0 Å². The molecule has 0 unspecified atom stereocenters. The van der Waals surface area contributed by atoms with Crippen molar-refractivity contribution in [1.82, 2.24) is 0 Å². The lowest BCUT2D eigenvalue weighted by molar-refractivity contribution is -0.137. The van der Waals surface area contributed by atoms with Gasteiger partial charge in [0.2, 0.25) is 0 Å². The fourth-order valence-corrected chi connectivity index (χ4v) is 1.51. The van der Waals surface area contributed by atoms with Crippen LogP contribution in [-0.4, -0.2) is 18.4 Å². The van der Waals surface area contributed by atoms with E-state index in [-0.39, 0.29) is 12.5 Å². The SMILES string of the molecule is CCOC(=O)C(=O)c1ccccc1C(C)C. The summed E-state index contributed by atoms with van der Waals surface area (Å²) in [4.78, 5) is 23.1. The monoisotopic (exact) mass is 220 g/mol. The summed E-state index contributed by atoms with van der Waals surface area (Å²) in [6.07, 6.45) is 0. The largest absolute Gasteiger partial charge is 0.460 e. The topological polar surface area (TPSA) is 43.4 Å². The summed E-state index contributed by atoms with van der Waals surface area (Å²) >= 11 is 0. The fraction of sp³-hybridized carbons (Fsp3) is 0.385. The average molecular weight is 220 g/mol. The second-order valence-electron chi connectivity index (χ2n) is 3.79. The predicted molar refractivity (Wildman–Crippen MR) is 61.5 cm³/mol. The molecule has 0 aliphatic heterocycles. The molecular weight excluding hydrogens is 204 g/mol. The summed E-state index contributed by atoms with van der Waals surface area (Å²) in [5, 5.41) is 0. The van der Waals surface area contributed by atoms with E-state index in [0.717, 1.165) is 5.56 Å². The van der Waals surface area contributed by atoms with Gasteiger partial charge in [-0.25, -0.2) is 4.79 Å². The van der Waals surface area contributed by atoms with Crippen molar-refractivity contribution in [3.63, 3.8) is 0 Å². The zero-order valence-corrected chi connectivity index (χ0v) is 9.82. The lowest BCUT2D eigenvalue weighted by Crippen LogP contribution is -2.19. The van der Waals surface area contributed by atoms with Crippen molar-refractivity contribution >= 4 is 11.8 Å². The van der Waals surface area contributed by atoms with E-state index < -0.39 is 11.8 Å². The molecule has 0 saturated heterocycles. The van der Waals surface area contributed by atoms with Crippen LogP contribution in [0.5, 0.6) is 0 Å². The van der Waals surface area contributed by atoms with Crippen LogP contribution in [0.3, 0.4) is 0 Å². The number of carbonyl (C=O) groups is 2. The molecule has 86 valence electrons. The molecule has 3 heteroatoms. The van der Waals surface area contributed by atoms with Crippen LogP contribution < -0.4 is 0 Å². The zero-order valence-electron chi connectivity index (χ0n) is 9.82. The maximum Gasteiger partial charge on any atom is 0.379 e. The first-order valence-corrected chi connectivity index (χ1v) is 5.38. The first kappa shape index (κ1) is 12.4. The molecule has 0 N–H and O–H groups in total. The van der Waals surface area contributed by atoms with Crippen LogP contribution in [-0.2, 0) is 9.53 Å². The molecular formula is C13H16O3. The third-order valence-corrected chi connectivity index (χ3v) is 2.29. The molecule has 0 aromatic heterocycles. The van der Waals surface area contributed by atoms with Crippen molar-refractivity contribution in [2.24, 2.45) is 0 Å². The van der Waals surface area contributed by atoms with Gasteiger partial charge in [0.15, 0.2) is 0 Å². The number of hydrogen-bond donors (Lipinski definition) is 0. The smallest absolute Gasteiger partial charge is 0.379 e. The lowest BCUT2D eigenvalue weighted by Gasteiger charge is -2.10. The molecule has 0 amide bonds. The predicted octanol–water partition coefficient (Wildman–Crippen LogP) is 2.56. The van der Waals surface area contributed by atoms with E-state index in [1.807, 2.05) is 26.0 Å². The number of ketones is 1. The van der Waals surface area contributed by atoms with Crippen molar-refractivity contribution in [1.29, 1.82) is 0 Å². The Kier molecular flexibility index (Phi) is 4.23. The van der Waals surface area contributed by atoms with E-state index in [0.29, 0.717) is 5.56 Å². The van der Waals surface area contributed by atoms with Crippen molar-refractivity contribution in [2.75, 3.05) is 6.61 Å². The van der Waals surface area contributed by atoms with Crippen molar-refractivity contribution in [2.45, 2.75) is 26.7 Å². The number of rotatable bonds is 4. The summed E-state index contributed by atoms with van der Waals surface area (Å²) < 4.78 is 4.70. The molecule has 3 nitrogen and oxygen atoms in total. The van der Waals surface area contributed by atoms with E-state index in [2.05, 4.69) is 0 Å². The number of benzene rings is 1. The van der Waals surface area contributed by atoms with Gasteiger partial charge in [-0.1, -0.05) is 38.1 Å². The van der Waals surface area contributed by atoms with Crippen LogP contribution in [0, 0.1) is 0 Å². The van der Waals surface area contributed by atoms with Crippen molar-refractivity contribution < 1.29 is 14.3 Å². The molecule has 1 aromatic carbocycles. The number of ether oxygens (including phenoxy) is 1. The molecule has 1 aromatic rings. The molecule has 0 aliphatic rings. The summed E-state index contributed by atoms with van der Waals surface area (Å²) in [5.74, 6) is -1.14. The number of hydrogen-bond acceptors (Lipinski definition) is 3. The number of esters is 1. The Morgan fingerprint density at radius 3 is 2.44 bits per heavy atom. The third kappa shape index (κ3) is 2.69. The molecule has 0 fully saturated rings. The molecule has 0 heterocycles. The molecule has 0 atom stereocenters. The van der Waals surface area contributed by atoms with Gasteiger partial charge in [0.05, 0.1) is 6.61 Å². The van der Waals surface area contributed by atoms with Crippen molar-refractivity contribution in [3.05, 3.63) is 35.4 Å². The van der Waals surface area contributed by atoms with E-state index >= 15 is 0 Å². The molecule has 0 spiro atoms. The van der Waals surface area contributed by atoms with Gasteiger partial charge >= 0.3 is 5.97 Å². The Morgan fingerprint density at radius 2 is 1.88 bits per heavy atom. The quantitative estimate of drug-likeness (QED) is 0.445. The highest BCUT2D eigenvalue weighted by Gasteiger charge is 2.21. The highest BCUT2D eigenvalue weighted by molar-refractivity contribution is 6.41. The second-order valence-corrected chi connectivity index (χ2v) is 3.79. The minimum absolute atomic E-state index is 0.203. The van der Waals surface area contributed by atoms with Gasteiger partial charge in [-0.2, -0.15) is 0 Å². The summed E-state index contributed by atoms with van der Waals surface area (Å²) in [6, 6.07) is 7.13. The van der Waals surface area contributed by atoms with E-state index in [1.165, 1.54) is 0 Å². The standard InChI is InChI=1S/C13H16O3/c1-4-16-13(15)12(14)11-8-6-5-7-10(11)9(2)3/h5-9H,4H2,1-3H3. The number of carbonyl (C=O) groups excluding carboxylic acids is 2. The Balaban J connectivity index is 3.03. The maximum absolute atomic E-state index is 11.8. The third-order valence-electron chi connectivity index (χ3n) is 2.29. The summed E-state index contributed by atoms with van der Waals surface area (Å²) in [7, 11) is 0. The first-order chi connectivity index (χ1) is 7.57. The first-order valence-electron chi connectivity index (χ1n) is 5.38. The second kappa shape index (κ2) is 5.45. The maximum atomic E-state index is 11.8. The Bertz CT molecular complexity index is 394.